The van der Waals surface area contributed by atoms with Crippen LogP contribution in [0.1, 0.15) is 21.5 Å². The lowest BCUT2D eigenvalue weighted by atomic mass is 10.1. The molecule has 0 saturated heterocycles. The predicted molar refractivity (Wildman–Crippen MR) is 94.4 cm³/mol. The second-order valence-electron chi connectivity index (χ2n) is 5.97. The molecule has 5 nitrogen and oxygen atoms in total. The minimum Gasteiger partial charge on any atom is -0.350 e. The van der Waals surface area contributed by atoms with Crippen molar-refractivity contribution >= 4 is 11.8 Å². The van der Waals surface area contributed by atoms with Crippen LogP contribution in [0, 0.1) is 5.82 Å². The van der Waals surface area contributed by atoms with E-state index in [0.29, 0.717) is 12.1 Å². The molecular formula is C19H22FN3O2. The molecule has 25 heavy (non-hydrogen) atoms. The Hall–Kier alpha value is -2.73. The zero-order valence-electron chi connectivity index (χ0n) is 14.4. The highest BCUT2D eigenvalue weighted by Crippen LogP contribution is 2.10. The largest absolute Gasteiger partial charge is 0.350 e. The highest BCUT2D eigenvalue weighted by molar-refractivity contribution is 5.96. The molecule has 0 aromatic heterocycles. The molecule has 0 bridgehead atoms. The summed E-state index contributed by atoms with van der Waals surface area (Å²) in [5.41, 5.74) is 2.49. The van der Waals surface area contributed by atoms with Crippen LogP contribution in [0.25, 0.3) is 0 Å². The van der Waals surface area contributed by atoms with Gasteiger partial charge in [-0.15, -0.1) is 0 Å². The summed E-state index contributed by atoms with van der Waals surface area (Å²) in [6, 6.07) is 13.0. The summed E-state index contributed by atoms with van der Waals surface area (Å²) in [6.45, 7) is 1.05. The van der Waals surface area contributed by atoms with Gasteiger partial charge in [0, 0.05) is 18.7 Å². The number of benzene rings is 2. The fourth-order valence-corrected chi connectivity index (χ4v) is 2.35. The molecule has 2 N–H and O–H groups in total. The maximum atomic E-state index is 12.8. The second-order valence-corrected chi connectivity index (χ2v) is 5.97. The Bertz CT molecular complexity index is 730. The minimum absolute atomic E-state index is 0.133. The van der Waals surface area contributed by atoms with Gasteiger partial charge < -0.3 is 15.5 Å². The molecule has 2 aromatic rings. The van der Waals surface area contributed by atoms with Gasteiger partial charge in [0.25, 0.3) is 5.91 Å². The monoisotopic (exact) mass is 343 g/mol. The van der Waals surface area contributed by atoms with Gasteiger partial charge in [-0.2, -0.15) is 0 Å². The van der Waals surface area contributed by atoms with Crippen molar-refractivity contribution in [3.8, 4) is 0 Å². The maximum absolute atomic E-state index is 12.8. The molecule has 0 unspecified atom stereocenters. The number of nitrogens with zero attached hydrogens (tertiary/aromatic N) is 1. The van der Waals surface area contributed by atoms with E-state index in [1.54, 1.807) is 0 Å². The summed E-state index contributed by atoms with van der Waals surface area (Å²) in [5.74, 6) is -1.11. The van der Waals surface area contributed by atoms with Crippen molar-refractivity contribution in [2.75, 3.05) is 20.6 Å². The highest BCUT2D eigenvalue weighted by atomic mass is 19.1. The van der Waals surface area contributed by atoms with Crippen LogP contribution < -0.4 is 10.6 Å². The molecule has 2 rings (SSSR count). The van der Waals surface area contributed by atoms with Crippen molar-refractivity contribution < 1.29 is 14.0 Å². The number of rotatable bonds is 7. The molecule has 0 radical (unpaired) electrons. The molecule has 0 aliphatic heterocycles. The lowest BCUT2D eigenvalue weighted by Gasteiger charge is -2.14. The Morgan fingerprint density at radius 3 is 2.24 bits per heavy atom. The summed E-state index contributed by atoms with van der Waals surface area (Å²) >= 11 is 0. The van der Waals surface area contributed by atoms with E-state index < -0.39 is 11.7 Å². The van der Waals surface area contributed by atoms with E-state index in [0.717, 1.165) is 17.7 Å². The van der Waals surface area contributed by atoms with Gasteiger partial charge in [0.1, 0.15) is 5.82 Å². The number of hydrogen-bond acceptors (Lipinski definition) is 3. The van der Waals surface area contributed by atoms with Gasteiger partial charge in [-0.25, -0.2) is 4.39 Å². The van der Waals surface area contributed by atoms with Crippen LogP contribution in [-0.2, 0) is 17.9 Å². The van der Waals surface area contributed by atoms with Crippen LogP contribution in [0.2, 0.25) is 0 Å². The summed E-state index contributed by atoms with van der Waals surface area (Å²) in [4.78, 5) is 25.9. The van der Waals surface area contributed by atoms with Crippen molar-refractivity contribution in [2.45, 2.75) is 13.1 Å². The minimum atomic E-state index is -0.414. The molecule has 0 spiro atoms. The first kappa shape index (κ1) is 18.6. The zero-order valence-corrected chi connectivity index (χ0v) is 14.4. The quantitative estimate of drug-likeness (QED) is 0.808. The van der Waals surface area contributed by atoms with Crippen molar-refractivity contribution in [1.82, 2.24) is 15.5 Å². The average molecular weight is 343 g/mol. The molecule has 0 heterocycles. The van der Waals surface area contributed by atoms with Crippen molar-refractivity contribution in [1.29, 1.82) is 0 Å². The lowest BCUT2D eigenvalue weighted by molar-refractivity contribution is -0.120. The summed E-state index contributed by atoms with van der Waals surface area (Å²) < 4.78 is 12.8. The highest BCUT2D eigenvalue weighted by Gasteiger charge is 2.09. The van der Waals surface area contributed by atoms with E-state index in [2.05, 4.69) is 15.5 Å². The van der Waals surface area contributed by atoms with Crippen molar-refractivity contribution in [2.24, 2.45) is 0 Å². The van der Waals surface area contributed by atoms with Gasteiger partial charge in [-0.3, -0.25) is 9.59 Å². The van der Waals surface area contributed by atoms with E-state index in [9.17, 15) is 14.0 Å². The first-order valence-corrected chi connectivity index (χ1v) is 7.97. The van der Waals surface area contributed by atoms with Crippen LogP contribution in [0.5, 0.6) is 0 Å². The fourth-order valence-electron chi connectivity index (χ4n) is 2.35. The third-order valence-corrected chi connectivity index (χ3v) is 3.60. The third-order valence-electron chi connectivity index (χ3n) is 3.60. The molecule has 0 aliphatic rings. The van der Waals surface area contributed by atoms with E-state index in [-0.39, 0.29) is 12.5 Å². The smallest absolute Gasteiger partial charge is 0.251 e. The van der Waals surface area contributed by atoms with E-state index in [1.165, 1.54) is 24.3 Å². The van der Waals surface area contributed by atoms with Crippen LogP contribution in [0.15, 0.2) is 48.5 Å². The van der Waals surface area contributed by atoms with Crippen LogP contribution in [0.3, 0.4) is 0 Å². The summed E-state index contributed by atoms with van der Waals surface area (Å²) in [7, 11) is 3.97. The Labute approximate surface area is 146 Å². The molecule has 132 valence electrons. The van der Waals surface area contributed by atoms with Crippen molar-refractivity contribution in [3.05, 3.63) is 71.0 Å². The lowest BCUT2D eigenvalue weighted by Crippen LogP contribution is -2.36. The topological polar surface area (TPSA) is 61.4 Å². The van der Waals surface area contributed by atoms with Gasteiger partial charge in [0.2, 0.25) is 5.91 Å². The normalized spacial score (nSPS) is 10.6. The summed E-state index contributed by atoms with van der Waals surface area (Å²) in [6.07, 6.45) is 0. The number of carbonyl (C=O) groups is 2. The SMILES string of the molecule is CN(C)Cc1ccccc1CNC(=O)CNC(=O)c1ccc(F)cc1. The van der Waals surface area contributed by atoms with Crippen LogP contribution in [0.4, 0.5) is 4.39 Å². The molecule has 0 saturated carbocycles. The van der Waals surface area contributed by atoms with E-state index in [4.69, 9.17) is 0 Å². The zero-order chi connectivity index (χ0) is 18.2. The van der Waals surface area contributed by atoms with Gasteiger partial charge in [0.15, 0.2) is 0 Å². The first-order valence-electron chi connectivity index (χ1n) is 7.97. The van der Waals surface area contributed by atoms with Crippen molar-refractivity contribution in [3.63, 3.8) is 0 Å². The molecular weight excluding hydrogens is 321 g/mol. The van der Waals surface area contributed by atoms with Gasteiger partial charge in [-0.05, 0) is 49.5 Å². The third kappa shape index (κ3) is 6.00. The standard InChI is InChI=1S/C19H22FN3O2/c1-23(2)13-16-6-4-3-5-15(16)11-21-18(24)12-22-19(25)14-7-9-17(20)10-8-14/h3-10H,11-13H2,1-2H3,(H,21,24)(H,22,25). The summed E-state index contributed by atoms with van der Waals surface area (Å²) in [5, 5.41) is 5.32. The number of nitrogens with one attached hydrogen (secondary N) is 2. The van der Waals surface area contributed by atoms with E-state index in [1.807, 2.05) is 38.4 Å². The molecule has 2 amide bonds. The van der Waals surface area contributed by atoms with Gasteiger partial charge in [0.05, 0.1) is 6.54 Å². The number of halogens is 1. The molecule has 0 atom stereocenters. The number of carbonyl (C=O) groups excluding carboxylic acids is 2. The van der Waals surface area contributed by atoms with Gasteiger partial charge in [-0.1, -0.05) is 24.3 Å². The predicted octanol–water partition coefficient (Wildman–Crippen LogP) is 1.93. The Balaban J connectivity index is 1.83. The van der Waals surface area contributed by atoms with Crippen LogP contribution >= 0.6 is 0 Å². The number of hydrogen-bond donors (Lipinski definition) is 2. The Morgan fingerprint density at radius 1 is 0.960 bits per heavy atom. The molecule has 0 aliphatic carbocycles. The number of amides is 2. The average Bonchev–Trinajstić information content (AvgIpc) is 2.59. The molecule has 0 fully saturated rings. The maximum Gasteiger partial charge on any atom is 0.251 e. The second kappa shape index (κ2) is 8.94. The van der Waals surface area contributed by atoms with Gasteiger partial charge >= 0.3 is 0 Å². The van der Waals surface area contributed by atoms with E-state index >= 15 is 0 Å². The Kier molecular flexibility index (Phi) is 6.65. The Morgan fingerprint density at radius 2 is 1.60 bits per heavy atom. The van der Waals surface area contributed by atoms with Crippen LogP contribution in [-0.4, -0.2) is 37.4 Å². The molecule has 6 heteroatoms. The molecule has 2 aromatic carbocycles. The first-order chi connectivity index (χ1) is 12.0. The fraction of sp³-hybridized carbons (Fsp3) is 0.263.